The van der Waals surface area contributed by atoms with Crippen molar-refractivity contribution >= 4 is 49.9 Å². The van der Waals surface area contributed by atoms with Gasteiger partial charge in [-0.1, -0.05) is 35.0 Å². The Morgan fingerprint density at radius 3 is 2.53 bits per heavy atom. The zero-order chi connectivity index (χ0) is 12.3. The molecule has 2 rings (SSSR count). The summed E-state index contributed by atoms with van der Waals surface area (Å²) >= 11 is 7.64. The highest BCUT2D eigenvalue weighted by Gasteiger charge is 2.14. The van der Waals surface area contributed by atoms with E-state index in [2.05, 4.69) is 86.5 Å². The third-order valence-corrected chi connectivity index (χ3v) is 4.87. The van der Waals surface area contributed by atoms with E-state index >= 15 is 0 Å². The Kier molecular flexibility index (Phi) is 5.02. The maximum absolute atomic E-state index is 3.54. The zero-order valence-electron chi connectivity index (χ0n) is 9.41. The number of nitrogens with one attached hydrogen (secondary N) is 1. The molecule has 90 valence electrons. The van der Waals surface area contributed by atoms with Crippen LogP contribution in [-0.2, 0) is 0 Å². The molecule has 0 bridgehead atoms. The standard InChI is InChI=1S/C13H13BrINS/c1-2-16-13(10-7-12(15)17-8-10)9-3-5-11(14)6-4-9/h3-8,13,16H,2H2,1H3. The summed E-state index contributed by atoms with van der Waals surface area (Å²) in [6, 6.07) is 11.1. The first-order chi connectivity index (χ1) is 8.20. The second-order valence-corrected chi connectivity index (χ2v) is 7.45. The summed E-state index contributed by atoms with van der Waals surface area (Å²) in [5.41, 5.74) is 2.66. The van der Waals surface area contributed by atoms with Crippen molar-refractivity contribution < 1.29 is 0 Å². The lowest BCUT2D eigenvalue weighted by Crippen LogP contribution is -2.21. The lowest BCUT2D eigenvalue weighted by atomic mass is 10.0. The Bertz CT molecular complexity index is 480. The van der Waals surface area contributed by atoms with Gasteiger partial charge in [0.05, 0.1) is 8.93 Å². The van der Waals surface area contributed by atoms with Crippen molar-refractivity contribution in [2.45, 2.75) is 13.0 Å². The summed E-state index contributed by atoms with van der Waals surface area (Å²) in [5, 5.41) is 5.77. The van der Waals surface area contributed by atoms with E-state index in [4.69, 9.17) is 0 Å². The molecule has 0 radical (unpaired) electrons. The molecule has 0 saturated carbocycles. The van der Waals surface area contributed by atoms with Crippen molar-refractivity contribution in [1.29, 1.82) is 0 Å². The summed E-state index contributed by atoms with van der Waals surface area (Å²) in [5.74, 6) is 0. The first-order valence-corrected chi connectivity index (χ1v) is 8.18. The molecule has 0 fully saturated rings. The van der Waals surface area contributed by atoms with Gasteiger partial charge in [0.1, 0.15) is 0 Å². The summed E-state index contributed by atoms with van der Waals surface area (Å²) in [4.78, 5) is 0. The van der Waals surface area contributed by atoms with Crippen molar-refractivity contribution in [2.24, 2.45) is 0 Å². The van der Waals surface area contributed by atoms with Crippen LogP contribution in [0.5, 0.6) is 0 Å². The van der Waals surface area contributed by atoms with Gasteiger partial charge in [0.25, 0.3) is 0 Å². The van der Waals surface area contributed by atoms with Gasteiger partial charge in [0.15, 0.2) is 0 Å². The summed E-state index contributed by atoms with van der Waals surface area (Å²) in [6.07, 6.45) is 0. The van der Waals surface area contributed by atoms with Crippen LogP contribution < -0.4 is 5.32 Å². The fraction of sp³-hybridized carbons (Fsp3) is 0.231. The smallest absolute Gasteiger partial charge is 0.0656 e. The average Bonchev–Trinajstić information content (AvgIpc) is 2.74. The molecule has 1 heterocycles. The predicted octanol–water partition coefficient (Wildman–Crippen LogP) is 4.81. The lowest BCUT2D eigenvalue weighted by molar-refractivity contribution is 0.632. The van der Waals surface area contributed by atoms with Crippen molar-refractivity contribution in [1.82, 2.24) is 5.32 Å². The van der Waals surface area contributed by atoms with Gasteiger partial charge >= 0.3 is 0 Å². The van der Waals surface area contributed by atoms with E-state index < -0.39 is 0 Å². The molecule has 0 aliphatic rings. The molecule has 0 aliphatic heterocycles. The van der Waals surface area contributed by atoms with Gasteiger partial charge in [-0.2, -0.15) is 0 Å². The third kappa shape index (κ3) is 3.53. The minimum atomic E-state index is 0.299. The molecule has 1 unspecified atom stereocenters. The van der Waals surface area contributed by atoms with E-state index in [1.165, 1.54) is 14.0 Å². The lowest BCUT2D eigenvalue weighted by Gasteiger charge is -2.17. The molecular weight excluding hydrogens is 409 g/mol. The molecule has 0 saturated heterocycles. The maximum atomic E-state index is 3.54. The highest BCUT2D eigenvalue weighted by Crippen LogP contribution is 2.28. The van der Waals surface area contributed by atoms with Crippen molar-refractivity contribution in [2.75, 3.05) is 6.54 Å². The molecule has 1 atom stereocenters. The van der Waals surface area contributed by atoms with Crippen LogP contribution in [0.3, 0.4) is 0 Å². The van der Waals surface area contributed by atoms with Crippen LogP contribution in [0.2, 0.25) is 0 Å². The Labute approximate surface area is 128 Å². The van der Waals surface area contributed by atoms with Crippen LogP contribution in [-0.4, -0.2) is 6.54 Å². The molecule has 1 nitrogen and oxygen atoms in total. The largest absolute Gasteiger partial charge is 0.307 e. The van der Waals surface area contributed by atoms with Crippen LogP contribution in [0, 0.1) is 2.88 Å². The van der Waals surface area contributed by atoms with Crippen LogP contribution in [0.25, 0.3) is 0 Å². The number of thiophene rings is 1. The van der Waals surface area contributed by atoms with E-state index in [0.29, 0.717) is 6.04 Å². The Hall–Kier alpha value is 0.0900. The first-order valence-electron chi connectivity index (χ1n) is 5.43. The predicted molar refractivity (Wildman–Crippen MR) is 86.7 cm³/mol. The van der Waals surface area contributed by atoms with Gasteiger partial charge in [0.2, 0.25) is 0 Å². The highest BCUT2D eigenvalue weighted by atomic mass is 127. The molecule has 1 aromatic carbocycles. The Morgan fingerprint density at radius 2 is 2.00 bits per heavy atom. The number of hydrogen-bond acceptors (Lipinski definition) is 2. The van der Waals surface area contributed by atoms with Gasteiger partial charge in [-0.15, -0.1) is 11.3 Å². The van der Waals surface area contributed by atoms with Gasteiger partial charge in [-0.3, -0.25) is 0 Å². The molecular formula is C13H13BrINS. The molecule has 0 amide bonds. The van der Waals surface area contributed by atoms with E-state index in [9.17, 15) is 0 Å². The monoisotopic (exact) mass is 421 g/mol. The Balaban J connectivity index is 2.31. The third-order valence-electron chi connectivity index (χ3n) is 2.53. The number of hydrogen-bond donors (Lipinski definition) is 1. The second kappa shape index (κ2) is 6.31. The molecule has 0 spiro atoms. The minimum Gasteiger partial charge on any atom is -0.307 e. The van der Waals surface area contributed by atoms with Gasteiger partial charge in [0, 0.05) is 4.47 Å². The highest BCUT2D eigenvalue weighted by molar-refractivity contribution is 14.1. The van der Waals surface area contributed by atoms with E-state index in [-0.39, 0.29) is 0 Å². The Morgan fingerprint density at radius 1 is 1.29 bits per heavy atom. The molecule has 17 heavy (non-hydrogen) atoms. The van der Waals surface area contributed by atoms with Crippen LogP contribution in [0.15, 0.2) is 40.2 Å². The van der Waals surface area contributed by atoms with Crippen LogP contribution >= 0.6 is 49.9 Å². The van der Waals surface area contributed by atoms with Gasteiger partial charge in [-0.05, 0) is 63.8 Å². The summed E-state index contributed by atoms with van der Waals surface area (Å²) in [6.45, 7) is 3.11. The van der Waals surface area contributed by atoms with Crippen molar-refractivity contribution in [3.05, 3.63) is 54.2 Å². The van der Waals surface area contributed by atoms with Crippen molar-refractivity contribution in [3.8, 4) is 0 Å². The summed E-state index contributed by atoms with van der Waals surface area (Å²) in [7, 11) is 0. The zero-order valence-corrected chi connectivity index (χ0v) is 14.0. The molecule has 4 heteroatoms. The van der Waals surface area contributed by atoms with Crippen LogP contribution in [0.4, 0.5) is 0 Å². The number of halogens is 2. The molecule has 1 aromatic heterocycles. The quantitative estimate of drug-likeness (QED) is 0.698. The average molecular weight is 422 g/mol. The maximum Gasteiger partial charge on any atom is 0.0656 e. The first kappa shape index (κ1) is 13.5. The number of benzene rings is 1. The van der Waals surface area contributed by atoms with Crippen molar-refractivity contribution in [3.63, 3.8) is 0 Å². The molecule has 2 aromatic rings. The molecule has 1 N–H and O–H groups in total. The second-order valence-electron chi connectivity index (χ2n) is 3.73. The summed E-state index contributed by atoms with van der Waals surface area (Å²) < 4.78 is 2.45. The van der Waals surface area contributed by atoms with Gasteiger partial charge in [-0.25, -0.2) is 0 Å². The minimum absolute atomic E-state index is 0.299. The van der Waals surface area contributed by atoms with E-state index in [0.717, 1.165) is 11.0 Å². The van der Waals surface area contributed by atoms with E-state index in [1.807, 2.05) is 0 Å². The van der Waals surface area contributed by atoms with Crippen LogP contribution in [0.1, 0.15) is 24.1 Å². The SMILES string of the molecule is CCNC(c1ccc(Br)cc1)c1csc(I)c1. The molecule has 0 aliphatic carbocycles. The normalized spacial score (nSPS) is 12.6. The fourth-order valence-corrected chi connectivity index (χ4v) is 3.42. The number of rotatable bonds is 4. The van der Waals surface area contributed by atoms with Gasteiger partial charge < -0.3 is 5.32 Å². The van der Waals surface area contributed by atoms with E-state index in [1.54, 1.807) is 11.3 Å². The topological polar surface area (TPSA) is 12.0 Å². The fourth-order valence-electron chi connectivity index (χ4n) is 1.76.